The molecule has 19 heavy (non-hydrogen) atoms. The minimum atomic E-state index is 0.672. The van der Waals surface area contributed by atoms with Crippen LogP contribution in [-0.4, -0.2) is 15.0 Å². The Kier molecular flexibility index (Phi) is 3.13. The molecule has 0 radical (unpaired) electrons. The number of hydrogen-bond acceptors (Lipinski definition) is 5. The van der Waals surface area contributed by atoms with Gasteiger partial charge in [0.15, 0.2) is 5.65 Å². The van der Waals surface area contributed by atoms with E-state index in [1.807, 2.05) is 23.5 Å². The van der Waals surface area contributed by atoms with Gasteiger partial charge in [-0.3, -0.25) is 4.98 Å². The van der Waals surface area contributed by atoms with Gasteiger partial charge in [-0.1, -0.05) is 0 Å². The molecule has 0 amide bonds. The smallest absolute Gasteiger partial charge is 0.180 e. The Morgan fingerprint density at radius 3 is 2.79 bits per heavy atom. The van der Waals surface area contributed by atoms with Gasteiger partial charge < -0.3 is 5.32 Å². The monoisotopic (exact) mass is 270 g/mol. The van der Waals surface area contributed by atoms with Crippen LogP contribution in [0.1, 0.15) is 15.3 Å². The van der Waals surface area contributed by atoms with E-state index in [4.69, 9.17) is 0 Å². The van der Waals surface area contributed by atoms with Crippen molar-refractivity contribution >= 4 is 28.3 Å². The topological polar surface area (TPSA) is 50.7 Å². The van der Waals surface area contributed by atoms with Crippen LogP contribution in [0.4, 0.5) is 5.82 Å². The molecule has 4 nitrogen and oxygen atoms in total. The maximum Gasteiger partial charge on any atom is 0.180 e. The second kappa shape index (κ2) is 4.93. The fraction of sp³-hybridized carbons (Fsp3) is 0.214. The minimum absolute atomic E-state index is 0.672. The van der Waals surface area contributed by atoms with E-state index in [1.165, 1.54) is 15.3 Å². The number of aryl methyl sites for hydroxylation is 2. The van der Waals surface area contributed by atoms with Crippen molar-refractivity contribution in [2.45, 2.75) is 20.4 Å². The molecule has 0 bridgehead atoms. The summed E-state index contributed by atoms with van der Waals surface area (Å²) in [5.74, 6) is 0.830. The lowest BCUT2D eigenvalue weighted by molar-refractivity contribution is 1.13. The van der Waals surface area contributed by atoms with E-state index in [2.05, 4.69) is 40.2 Å². The van der Waals surface area contributed by atoms with E-state index < -0.39 is 0 Å². The predicted molar refractivity (Wildman–Crippen MR) is 78.5 cm³/mol. The van der Waals surface area contributed by atoms with Crippen LogP contribution in [0.5, 0.6) is 0 Å². The number of aromatic nitrogens is 3. The van der Waals surface area contributed by atoms with Gasteiger partial charge in [-0.15, -0.1) is 11.3 Å². The van der Waals surface area contributed by atoms with Crippen molar-refractivity contribution in [3.8, 4) is 0 Å². The fourth-order valence-electron chi connectivity index (χ4n) is 1.87. The number of anilines is 1. The van der Waals surface area contributed by atoms with E-state index in [0.717, 1.165) is 17.9 Å². The first-order chi connectivity index (χ1) is 9.22. The first-order valence-electron chi connectivity index (χ1n) is 6.10. The lowest BCUT2D eigenvalue weighted by Crippen LogP contribution is -2.00. The summed E-state index contributed by atoms with van der Waals surface area (Å²) >= 11 is 1.82. The third-order valence-electron chi connectivity index (χ3n) is 2.99. The first kappa shape index (κ1) is 12.0. The van der Waals surface area contributed by atoms with Crippen LogP contribution in [-0.2, 0) is 6.54 Å². The number of nitrogens with one attached hydrogen (secondary N) is 1. The van der Waals surface area contributed by atoms with Crippen LogP contribution in [0.3, 0.4) is 0 Å². The fourth-order valence-corrected chi connectivity index (χ4v) is 2.86. The Morgan fingerprint density at radius 1 is 1.16 bits per heavy atom. The van der Waals surface area contributed by atoms with Crippen molar-refractivity contribution in [1.29, 1.82) is 0 Å². The molecule has 3 aromatic rings. The molecule has 0 fully saturated rings. The summed E-state index contributed by atoms with van der Waals surface area (Å²) in [6, 6.07) is 6.08. The van der Waals surface area contributed by atoms with Crippen molar-refractivity contribution in [2.75, 3.05) is 5.32 Å². The maximum atomic E-state index is 4.44. The largest absolute Gasteiger partial charge is 0.365 e. The molecule has 0 aliphatic carbocycles. The standard InChI is InChI=1S/C14H14N4S/c1-9-7-11(19-10(9)2)8-17-13-4-3-12-14(18-13)16-6-5-15-12/h3-7H,8H2,1-2H3,(H,16,17,18). The number of thiophene rings is 1. The summed E-state index contributed by atoms with van der Waals surface area (Å²) in [6.07, 6.45) is 3.33. The molecule has 0 aliphatic heterocycles. The predicted octanol–water partition coefficient (Wildman–Crippen LogP) is 3.32. The molecule has 3 aromatic heterocycles. The van der Waals surface area contributed by atoms with E-state index in [9.17, 15) is 0 Å². The van der Waals surface area contributed by atoms with Crippen LogP contribution in [0.25, 0.3) is 11.2 Å². The molecule has 0 atom stereocenters. The number of fused-ring (bicyclic) bond motifs is 1. The molecule has 96 valence electrons. The highest BCUT2D eigenvalue weighted by Gasteiger charge is 2.03. The highest BCUT2D eigenvalue weighted by Crippen LogP contribution is 2.21. The summed E-state index contributed by atoms with van der Waals surface area (Å²) in [6.45, 7) is 5.07. The summed E-state index contributed by atoms with van der Waals surface area (Å²) in [7, 11) is 0. The van der Waals surface area contributed by atoms with Crippen LogP contribution in [0, 0.1) is 13.8 Å². The molecule has 0 saturated heterocycles. The van der Waals surface area contributed by atoms with Crippen molar-refractivity contribution in [1.82, 2.24) is 15.0 Å². The number of rotatable bonds is 3. The van der Waals surface area contributed by atoms with Crippen LogP contribution < -0.4 is 5.32 Å². The van der Waals surface area contributed by atoms with Gasteiger partial charge in [0, 0.05) is 22.1 Å². The molecule has 3 rings (SSSR count). The van der Waals surface area contributed by atoms with Crippen molar-refractivity contribution < 1.29 is 0 Å². The second-order valence-corrected chi connectivity index (χ2v) is 5.74. The van der Waals surface area contributed by atoms with Gasteiger partial charge in [-0.05, 0) is 37.6 Å². The van der Waals surface area contributed by atoms with Crippen molar-refractivity contribution in [3.05, 3.63) is 45.9 Å². The number of hydrogen-bond donors (Lipinski definition) is 1. The first-order valence-corrected chi connectivity index (χ1v) is 6.91. The third-order valence-corrected chi connectivity index (χ3v) is 4.14. The molecule has 0 aliphatic rings. The SMILES string of the molecule is Cc1cc(CNc2ccc3nccnc3n2)sc1C. The second-order valence-electron chi connectivity index (χ2n) is 4.40. The average Bonchev–Trinajstić information content (AvgIpc) is 2.75. The van der Waals surface area contributed by atoms with Gasteiger partial charge in [0.1, 0.15) is 11.3 Å². The Labute approximate surface area is 115 Å². The summed E-state index contributed by atoms with van der Waals surface area (Å²) in [4.78, 5) is 15.5. The Hall–Kier alpha value is -2.01. The van der Waals surface area contributed by atoms with E-state index in [0.29, 0.717) is 5.65 Å². The lowest BCUT2D eigenvalue weighted by Gasteiger charge is -2.04. The Bertz CT molecular complexity index is 701. The number of nitrogens with zero attached hydrogens (tertiary/aromatic N) is 3. The molecule has 0 unspecified atom stereocenters. The molecule has 3 heterocycles. The zero-order valence-corrected chi connectivity index (χ0v) is 11.7. The van der Waals surface area contributed by atoms with Gasteiger partial charge in [0.25, 0.3) is 0 Å². The van der Waals surface area contributed by atoms with Gasteiger partial charge >= 0.3 is 0 Å². The maximum absolute atomic E-state index is 4.44. The van der Waals surface area contributed by atoms with E-state index in [-0.39, 0.29) is 0 Å². The van der Waals surface area contributed by atoms with Gasteiger partial charge in [0.05, 0.1) is 6.54 Å². The van der Waals surface area contributed by atoms with Crippen molar-refractivity contribution in [3.63, 3.8) is 0 Å². The number of pyridine rings is 1. The summed E-state index contributed by atoms with van der Waals surface area (Å²) < 4.78 is 0. The molecular weight excluding hydrogens is 256 g/mol. The quantitative estimate of drug-likeness (QED) is 0.793. The van der Waals surface area contributed by atoms with Gasteiger partial charge in [-0.25, -0.2) is 9.97 Å². The highest BCUT2D eigenvalue weighted by atomic mass is 32.1. The van der Waals surface area contributed by atoms with E-state index in [1.54, 1.807) is 12.4 Å². The zero-order chi connectivity index (χ0) is 13.2. The summed E-state index contributed by atoms with van der Waals surface area (Å²) in [5, 5.41) is 3.33. The third kappa shape index (κ3) is 2.56. The van der Waals surface area contributed by atoms with Crippen LogP contribution >= 0.6 is 11.3 Å². The molecule has 0 saturated carbocycles. The summed E-state index contributed by atoms with van der Waals surface area (Å²) in [5.41, 5.74) is 2.83. The zero-order valence-electron chi connectivity index (χ0n) is 10.8. The van der Waals surface area contributed by atoms with Crippen molar-refractivity contribution in [2.24, 2.45) is 0 Å². The molecule has 1 N–H and O–H groups in total. The highest BCUT2D eigenvalue weighted by molar-refractivity contribution is 7.12. The minimum Gasteiger partial charge on any atom is -0.365 e. The molecular formula is C14H14N4S. The molecule has 0 aromatic carbocycles. The Balaban J connectivity index is 1.78. The lowest BCUT2D eigenvalue weighted by atomic mass is 10.3. The van der Waals surface area contributed by atoms with Gasteiger partial charge in [-0.2, -0.15) is 0 Å². The Morgan fingerprint density at radius 2 is 2.00 bits per heavy atom. The van der Waals surface area contributed by atoms with E-state index >= 15 is 0 Å². The average molecular weight is 270 g/mol. The molecule has 5 heteroatoms. The van der Waals surface area contributed by atoms with Gasteiger partial charge in [0.2, 0.25) is 0 Å². The van der Waals surface area contributed by atoms with Crippen LogP contribution in [0.2, 0.25) is 0 Å². The van der Waals surface area contributed by atoms with Crippen LogP contribution in [0.15, 0.2) is 30.6 Å². The normalized spacial score (nSPS) is 10.8. The molecule has 0 spiro atoms.